The van der Waals surface area contributed by atoms with E-state index in [9.17, 15) is 26.3 Å². The summed E-state index contributed by atoms with van der Waals surface area (Å²) >= 11 is 0. The lowest BCUT2D eigenvalue weighted by atomic mass is 10.1. The molecule has 0 saturated carbocycles. The van der Waals surface area contributed by atoms with Gasteiger partial charge in [-0.15, -0.1) is 0 Å². The Balaban J connectivity index is 1.64. The Morgan fingerprint density at radius 2 is 1.30 bits per heavy atom. The molecule has 0 saturated heterocycles. The zero-order valence-corrected chi connectivity index (χ0v) is 13.4. The van der Waals surface area contributed by atoms with Gasteiger partial charge in [0.1, 0.15) is 0 Å². The molecular weight excluding hydrogens is 376 g/mol. The smallest absolute Gasteiger partial charge is 0.376 e. The highest BCUT2D eigenvalue weighted by atomic mass is 19.4. The summed E-state index contributed by atoms with van der Waals surface area (Å²) < 4.78 is 80.2. The summed E-state index contributed by atoms with van der Waals surface area (Å²) in [5, 5.41) is 6.50. The molecule has 0 aliphatic carbocycles. The lowest BCUT2D eigenvalue weighted by Crippen LogP contribution is -2.05. The van der Waals surface area contributed by atoms with Crippen molar-refractivity contribution in [3.8, 4) is 11.4 Å². The molecule has 1 aromatic heterocycles. The monoisotopic (exact) mass is 387 g/mol. The third-order valence-corrected chi connectivity index (χ3v) is 3.59. The van der Waals surface area contributed by atoms with Crippen molar-refractivity contribution in [2.45, 2.75) is 18.9 Å². The Morgan fingerprint density at radius 1 is 0.778 bits per heavy atom. The fourth-order valence-electron chi connectivity index (χ4n) is 2.21. The quantitative estimate of drug-likeness (QED) is 0.610. The SMILES string of the molecule is FC(F)(F)c1ccc(NCc2nc(-c3ccc(C(F)(F)F)cc3)no2)cc1. The molecule has 0 fully saturated rings. The first-order chi connectivity index (χ1) is 12.6. The Kier molecular flexibility index (Phi) is 4.81. The van der Waals surface area contributed by atoms with Crippen molar-refractivity contribution in [2.24, 2.45) is 0 Å². The number of rotatable bonds is 4. The molecular formula is C17H11F6N3O. The van der Waals surface area contributed by atoms with Crippen molar-refractivity contribution in [3.05, 3.63) is 65.5 Å². The van der Waals surface area contributed by atoms with Gasteiger partial charge in [-0.3, -0.25) is 0 Å². The number of hydrogen-bond donors (Lipinski definition) is 1. The van der Waals surface area contributed by atoms with E-state index in [1.54, 1.807) is 0 Å². The van der Waals surface area contributed by atoms with Crippen LogP contribution in [0.5, 0.6) is 0 Å². The van der Waals surface area contributed by atoms with Crippen LogP contribution in [0.4, 0.5) is 32.0 Å². The molecule has 1 N–H and O–H groups in total. The molecule has 1 heterocycles. The first kappa shape index (κ1) is 18.7. The van der Waals surface area contributed by atoms with E-state index in [2.05, 4.69) is 15.5 Å². The van der Waals surface area contributed by atoms with Crippen LogP contribution < -0.4 is 5.32 Å². The van der Waals surface area contributed by atoms with Crippen LogP contribution in [0.15, 0.2) is 53.1 Å². The fraction of sp³-hybridized carbons (Fsp3) is 0.176. The van der Waals surface area contributed by atoms with Gasteiger partial charge in [0, 0.05) is 11.3 Å². The number of aromatic nitrogens is 2. The van der Waals surface area contributed by atoms with Gasteiger partial charge >= 0.3 is 12.4 Å². The number of nitrogens with zero attached hydrogens (tertiary/aromatic N) is 2. The molecule has 3 aromatic rings. The number of benzene rings is 2. The second kappa shape index (κ2) is 6.93. The predicted molar refractivity (Wildman–Crippen MR) is 83.5 cm³/mol. The summed E-state index contributed by atoms with van der Waals surface area (Å²) in [5.41, 5.74) is -0.806. The van der Waals surface area contributed by atoms with Gasteiger partial charge in [-0.05, 0) is 36.4 Å². The van der Waals surface area contributed by atoms with Crippen molar-refractivity contribution in [1.29, 1.82) is 0 Å². The largest absolute Gasteiger partial charge is 0.416 e. The number of hydrogen-bond acceptors (Lipinski definition) is 4. The summed E-state index contributed by atoms with van der Waals surface area (Å²) in [7, 11) is 0. The van der Waals surface area contributed by atoms with Gasteiger partial charge in [0.05, 0.1) is 17.7 Å². The number of nitrogens with one attached hydrogen (secondary N) is 1. The molecule has 10 heteroatoms. The van der Waals surface area contributed by atoms with Crippen LogP contribution in [0.2, 0.25) is 0 Å². The lowest BCUT2D eigenvalue weighted by Gasteiger charge is -2.08. The van der Waals surface area contributed by atoms with Crippen LogP contribution in [-0.4, -0.2) is 10.1 Å². The first-order valence-electron chi connectivity index (χ1n) is 7.54. The van der Waals surface area contributed by atoms with Crippen LogP contribution in [0.1, 0.15) is 17.0 Å². The van der Waals surface area contributed by atoms with E-state index in [-0.39, 0.29) is 18.3 Å². The summed E-state index contributed by atoms with van der Waals surface area (Å²) in [6, 6.07) is 8.65. The minimum atomic E-state index is -4.44. The van der Waals surface area contributed by atoms with Crippen LogP contribution >= 0.6 is 0 Å². The average molecular weight is 387 g/mol. The minimum Gasteiger partial charge on any atom is -0.376 e. The molecule has 4 nitrogen and oxygen atoms in total. The van der Waals surface area contributed by atoms with Gasteiger partial charge in [0.25, 0.3) is 0 Å². The standard InChI is InChI=1S/C17H11F6N3O/c18-16(19,20)11-3-1-10(2-4-11)15-25-14(27-26-15)9-24-13-7-5-12(6-8-13)17(21,22)23/h1-8,24H,9H2. The molecule has 142 valence electrons. The van der Waals surface area contributed by atoms with E-state index in [0.29, 0.717) is 11.3 Å². The highest BCUT2D eigenvalue weighted by Crippen LogP contribution is 2.31. The van der Waals surface area contributed by atoms with Gasteiger partial charge < -0.3 is 9.84 Å². The Bertz CT molecular complexity index is 898. The third-order valence-electron chi connectivity index (χ3n) is 3.59. The fourth-order valence-corrected chi connectivity index (χ4v) is 2.21. The molecule has 27 heavy (non-hydrogen) atoms. The maximum atomic E-state index is 12.6. The molecule has 0 spiro atoms. The molecule has 0 unspecified atom stereocenters. The highest BCUT2D eigenvalue weighted by Gasteiger charge is 2.30. The van der Waals surface area contributed by atoms with Crippen molar-refractivity contribution in [2.75, 3.05) is 5.32 Å². The van der Waals surface area contributed by atoms with E-state index in [1.807, 2.05) is 0 Å². The normalized spacial score (nSPS) is 12.2. The van der Waals surface area contributed by atoms with Crippen LogP contribution in [0.3, 0.4) is 0 Å². The molecule has 0 radical (unpaired) electrons. The molecule has 0 aliphatic rings. The van der Waals surface area contributed by atoms with E-state index in [4.69, 9.17) is 4.52 Å². The predicted octanol–water partition coefficient (Wildman–Crippen LogP) is 5.39. The number of anilines is 1. The van der Waals surface area contributed by atoms with Crippen LogP contribution in [0.25, 0.3) is 11.4 Å². The van der Waals surface area contributed by atoms with Crippen LogP contribution in [-0.2, 0) is 18.9 Å². The third kappa shape index (κ3) is 4.57. The van der Waals surface area contributed by atoms with Gasteiger partial charge in [0.15, 0.2) is 0 Å². The topological polar surface area (TPSA) is 51.0 Å². The summed E-state index contributed by atoms with van der Waals surface area (Å²) in [5.74, 6) is 0.234. The molecule has 0 bridgehead atoms. The molecule has 3 rings (SSSR count). The van der Waals surface area contributed by atoms with Gasteiger partial charge in [-0.25, -0.2) is 0 Å². The zero-order chi connectivity index (χ0) is 19.7. The Hall–Kier alpha value is -3.04. The average Bonchev–Trinajstić information content (AvgIpc) is 3.08. The second-order valence-electron chi connectivity index (χ2n) is 5.52. The summed E-state index contributed by atoms with van der Waals surface area (Å²) in [6.45, 7) is 0.0407. The van der Waals surface area contributed by atoms with E-state index >= 15 is 0 Å². The van der Waals surface area contributed by atoms with Crippen molar-refractivity contribution in [3.63, 3.8) is 0 Å². The van der Waals surface area contributed by atoms with E-state index in [1.165, 1.54) is 24.3 Å². The molecule has 0 aliphatic heterocycles. The summed E-state index contributed by atoms with van der Waals surface area (Å²) in [6.07, 6.45) is -8.85. The Labute approximate surface area is 148 Å². The number of halogens is 6. The first-order valence-corrected chi connectivity index (χ1v) is 7.54. The lowest BCUT2D eigenvalue weighted by molar-refractivity contribution is -0.138. The second-order valence-corrected chi connectivity index (χ2v) is 5.52. The maximum absolute atomic E-state index is 12.6. The Morgan fingerprint density at radius 3 is 1.81 bits per heavy atom. The summed E-state index contributed by atoms with van der Waals surface area (Å²) in [4.78, 5) is 4.04. The highest BCUT2D eigenvalue weighted by molar-refractivity contribution is 5.55. The van der Waals surface area contributed by atoms with Crippen molar-refractivity contribution < 1.29 is 30.9 Å². The van der Waals surface area contributed by atoms with Gasteiger partial charge in [0.2, 0.25) is 11.7 Å². The minimum absolute atomic E-state index is 0.0407. The molecule has 2 aromatic carbocycles. The van der Waals surface area contributed by atoms with Crippen molar-refractivity contribution >= 4 is 5.69 Å². The molecule has 0 atom stereocenters. The van der Waals surface area contributed by atoms with Gasteiger partial charge in [-0.1, -0.05) is 17.3 Å². The van der Waals surface area contributed by atoms with Crippen molar-refractivity contribution in [1.82, 2.24) is 10.1 Å². The maximum Gasteiger partial charge on any atom is 0.416 e. The zero-order valence-electron chi connectivity index (χ0n) is 13.4. The number of alkyl halides is 6. The van der Waals surface area contributed by atoms with E-state index < -0.39 is 23.5 Å². The molecule has 0 amide bonds. The van der Waals surface area contributed by atoms with Crippen LogP contribution in [0, 0.1) is 0 Å². The van der Waals surface area contributed by atoms with Gasteiger partial charge in [-0.2, -0.15) is 31.3 Å². The van der Waals surface area contributed by atoms with E-state index in [0.717, 1.165) is 24.3 Å².